The molecule has 0 spiro atoms. The Kier molecular flexibility index (Phi) is 5.55. The maximum absolute atomic E-state index is 11.9. The zero-order valence-electron chi connectivity index (χ0n) is 12.8. The Hall–Kier alpha value is -2.10. The molecule has 4 heteroatoms. The summed E-state index contributed by atoms with van der Waals surface area (Å²) in [5, 5.41) is 7.38. The van der Waals surface area contributed by atoms with Crippen LogP contribution in [0.15, 0.2) is 36.4 Å². The van der Waals surface area contributed by atoms with Crippen molar-refractivity contribution < 1.29 is 4.79 Å². The summed E-state index contributed by atoms with van der Waals surface area (Å²) < 4.78 is 1.71. The molecule has 1 aromatic heterocycles. The van der Waals surface area contributed by atoms with Crippen molar-refractivity contribution in [2.24, 2.45) is 7.05 Å². The molecular weight excluding hydrogens is 262 g/mol. The Bertz CT molecular complexity index is 575. The third-order valence-electron chi connectivity index (χ3n) is 3.47. The molecule has 0 aliphatic carbocycles. The van der Waals surface area contributed by atoms with E-state index < -0.39 is 0 Å². The Labute approximate surface area is 126 Å². The van der Waals surface area contributed by atoms with Crippen molar-refractivity contribution in [2.45, 2.75) is 39.0 Å². The Balaban J connectivity index is 1.95. The van der Waals surface area contributed by atoms with Gasteiger partial charge in [-0.1, -0.05) is 56.5 Å². The predicted molar refractivity (Wildman–Crippen MR) is 86.0 cm³/mol. The molecule has 4 nitrogen and oxygen atoms in total. The first-order chi connectivity index (χ1) is 10.2. The van der Waals surface area contributed by atoms with Gasteiger partial charge in [-0.05, 0) is 6.42 Å². The standard InChI is InChI=1S/C17H23N3O/c1-3-4-5-9-12-17(21)18-16-13-15(19-20(16)2)14-10-7-6-8-11-14/h6-8,10-11,13H,3-5,9,12H2,1-2H3,(H,18,21). The van der Waals surface area contributed by atoms with Crippen molar-refractivity contribution in [3.63, 3.8) is 0 Å². The van der Waals surface area contributed by atoms with Crippen LogP contribution in [0.5, 0.6) is 0 Å². The maximum atomic E-state index is 11.9. The zero-order valence-corrected chi connectivity index (χ0v) is 12.8. The number of aryl methyl sites for hydroxylation is 1. The predicted octanol–water partition coefficient (Wildman–Crippen LogP) is 4.00. The average molecular weight is 285 g/mol. The molecule has 1 amide bonds. The summed E-state index contributed by atoms with van der Waals surface area (Å²) in [5.41, 5.74) is 1.93. The minimum Gasteiger partial charge on any atom is -0.311 e. The molecule has 0 saturated heterocycles. The molecule has 1 heterocycles. The van der Waals surface area contributed by atoms with Crippen LogP contribution in [-0.2, 0) is 11.8 Å². The number of nitrogens with zero attached hydrogens (tertiary/aromatic N) is 2. The molecule has 1 aromatic carbocycles. The van der Waals surface area contributed by atoms with Gasteiger partial charge in [-0.15, -0.1) is 0 Å². The van der Waals surface area contributed by atoms with Crippen molar-refractivity contribution in [1.82, 2.24) is 9.78 Å². The van der Waals surface area contributed by atoms with Gasteiger partial charge < -0.3 is 5.32 Å². The second-order valence-electron chi connectivity index (χ2n) is 5.26. The lowest BCUT2D eigenvalue weighted by molar-refractivity contribution is -0.116. The largest absolute Gasteiger partial charge is 0.311 e. The number of unbranched alkanes of at least 4 members (excludes halogenated alkanes) is 3. The minimum atomic E-state index is 0.0636. The highest BCUT2D eigenvalue weighted by Gasteiger charge is 2.09. The number of nitrogens with one attached hydrogen (secondary N) is 1. The van der Waals surface area contributed by atoms with Gasteiger partial charge in [0.15, 0.2) is 0 Å². The lowest BCUT2D eigenvalue weighted by Gasteiger charge is -2.04. The van der Waals surface area contributed by atoms with Crippen LogP contribution >= 0.6 is 0 Å². The first-order valence-electron chi connectivity index (χ1n) is 7.60. The van der Waals surface area contributed by atoms with Crippen LogP contribution < -0.4 is 5.32 Å². The fourth-order valence-corrected chi connectivity index (χ4v) is 2.25. The molecule has 0 aliphatic rings. The summed E-state index contributed by atoms with van der Waals surface area (Å²) in [7, 11) is 1.85. The van der Waals surface area contributed by atoms with E-state index in [-0.39, 0.29) is 5.91 Å². The van der Waals surface area contributed by atoms with Crippen LogP contribution in [0.25, 0.3) is 11.3 Å². The highest BCUT2D eigenvalue weighted by atomic mass is 16.1. The SMILES string of the molecule is CCCCCCC(=O)Nc1cc(-c2ccccc2)nn1C. The maximum Gasteiger partial charge on any atom is 0.225 e. The lowest BCUT2D eigenvalue weighted by Crippen LogP contribution is -2.13. The van der Waals surface area contributed by atoms with E-state index in [1.54, 1.807) is 4.68 Å². The van der Waals surface area contributed by atoms with Crippen LogP contribution in [0, 0.1) is 0 Å². The zero-order chi connectivity index (χ0) is 15.1. The highest BCUT2D eigenvalue weighted by Crippen LogP contribution is 2.21. The molecule has 21 heavy (non-hydrogen) atoms. The fraction of sp³-hybridized carbons (Fsp3) is 0.412. The van der Waals surface area contributed by atoms with Crippen LogP contribution in [0.2, 0.25) is 0 Å². The Morgan fingerprint density at radius 1 is 1.19 bits per heavy atom. The van der Waals surface area contributed by atoms with Crippen LogP contribution in [-0.4, -0.2) is 15.7 Å². The average Bonchev–Trinajstić information content (AvgIpc) is 2.86. The van der Waals surface area contributed by atoms with E-state index in [1.165, 1.54) is 12.8 Å². The van der Waals surface area contributed by atoms with Crippen molar-refractivity contribution in [3.8, 4) is 11.3 Å². The summed E-state index contributed by atoms with van der Waals surface area (Å²) in [6, 6.07) is 11.9. The number of anilines is 1. The van der Waals surface area contributed by atoms with Gasteiger partial charge in [0.25, 0.3) is 0 Å². The van der Waals surface area contributed by atoms with E-state index in [0.29, 0.717) is 6.42 Å². The van der Waals surface area contributed by atoms with Gasteiger partial charge in [0.05, 0.1) is 5.69 Å². The number of hydrogen-bond acceptors (Lipinski definition) is 2. The first kappa shape index (κ1) is 15.3. The third-order valence-corrected chi connectivity index (χ3v) is 3.47. The van der Waals surface area contributed by atoms with Gasteiger partial charge in [0.2, 0.25) is 5.91 Å². The number of benzene rings is 1. The van der Waals surface area contributed by atoms with Gasteiger partial charge in [0.1, 0.15) is 5.82 Å². The molecule has 2 aromatic rings. The molecule has 0 aliphatic heterocycles. The smallest absolute Gasteiger partial charge is 0.225 e. The van der Waals surface area contributed by atoms with E-state index in [9.17, 15) is 4.79 Å². The Morgan fingerprint density at radius 2 is 1.95 bits per heavy atom. The first-order valence-corrected chi connectivity index (χ1v) is 7.60. The highest BCUT2D eigenvalue weighted by molar-refractivity contribution is 5.90. The monoisotopic (exact) mass is 285 g/mol. The molecule has 112 valence electrons. The molecule has 0 saturated carbocycles. The van der Waals surface area contributed by atoms with Gasteiger partial charge in [-0.3, -0.25) is 9.48 Å². The van der Waals surface area contributed by atoms with Crippen LogP contribution in [0.3, 0.4) is 0 Å². The fourth-order valence-electron chi connectivity index (χ4n) is 2.25. The van der Waals surface area contributed by atoms with E-state index in [4.69, 9.17) is 0 Å². The number of aromatic nitrogens is 2. The van der Waals surface area contributed by atoms with Crippen molar-refractivity contribution in [3.05, 3.63) is 36.4 Å². The minimum absolute atomic E-state index is 0.0636. The summed E-state index contributed by atoms with van der Waals surface area (Å²) in [6.45, 7) is 2.17. The number of rotatable bonds is 7. The lowest BCUT2D eigenvalue weighted by atomic mass is 10.1. The summed E-state index contributed by atoms with van der Waals surface area (Å²) in [6.07, 6.45) is 5.01. The van der Waals surface area contributed by atoms with Gasteiger partial charge in [0, 0.05) is 25.1 Å². The number of amides is 1. The van der Waals surface area contributed by atoms with Gasteiger partial charge in [-0.2, -0.15) is 5.10 Å². The van der Waals surface area contributed by atoms with Crippen LogP contribution in [0.4, 0.5) is 5.82 Å². The second-order valence-corrected chi connectivity index (χ2v) is 5.26. The van der Waals surface area contributed by atoms with Crippen molar-refractivity contribution >= 4 is 11.7 Å². The van der Waals surface area contributed by atoms with Crippen molar-refractivity contribution in [2.75, 3.05) is 5.32 Å². The van der Waals surface area contributed by atoms with Crippen molar-refractivity contribution in [1.29, 1.82) is 0 Å². The summed E-state index contributed by atoms with van der Waals surface area (Å²) in [4.78, 5) is 11.9. The van der Waals surface area contributed by atoms with Gasteiger partial charge in [-0.25, -0.2) is 0 Å². The molecule has 2 rings (SSSR count). The van der Waals surface area contributed by atoms with E-state index >= 15 is 0 Å². The number of carbonyl (C=O) groups is 1. The van der Waals surface area contributed by atoms with E-state index in [0.717, 1.165) is 29.9 Å². The quantitative estimate of drug-likeness (QED) is 0.782. The van der Waals surface area contributed by atoms with E-state index in [2.05, 4.69) is 17.3 Å². The topological polar surface area (TPSA) is 46.9 Å². The number of carbonyl (C=O) groups excluding carboxylic acids is 1. The van der Waals surface area contributed by atoms with Gasteiger partial charge >= 0.3 is 0 Å². The summed E-state index contributed by atoms with van der Waals surface area (Å²) >= 11 is 0. The molecule has 0 radical (unpaired) electrons. The second kappa shape index (κ2) is 7.62. The molecule has 0 unspecified atom stereocenters. The normalized spacial score (nSPS) is 10.6. The molecular formula is C17H23N3O. The number of hydrogen-bond donors (Lipinski definition) is 1. The molecule has 0 fully saturated rings. The van der Waals surface area contributed by atoms with Crippen LogP contribution in [0.1, 0.15) is 39.0 Å². The Morgan fingerprint density at radius 3 is 2.67 bits per heavy atom. The van der Waals surface area contributed by atoms with E-state index in [1.807, 2.05) is 43.4 Å². The molecule has 1 N–H and O–H groups in total. The molecule has 0 atom stereocenters. The summed E-state index contributed by atoms with van der Waals surface area (Å²) in [5.74, 6) is 0.808. The third kappa shape index (κ3) is 4.45. The molecule has 0 bridgehead atoms.